The van der Waals surface area contributed by atoms with Crippen LogP contribution in [0.15, 0.2) is 27.1 Å². The molecule has 0 aliphatic carbocycles. The molecule has 0 radical (unpaired) electrons. The first kappa shape index (κ1) is 13.2. The number of nitrogens with one attached hydrogen (secondary N) is 2. The van der Waals surface area contributed by atoms with Gasteiger partial charge in [-0.05, 0) is 50.3 Å². The van der Waals surface area contributed by atoms with E-state index in [0.717, 1.165) is 35.0 Å². The summed E-state index contributed by atoms with van der Waals surface area (Å²) in [4.78, 5) is 0. The molecule has 0 atom stereocenters. The SMILES string of the molecule is CNCCCNCc1cc(Br)cc(Br)c1. The largest absolute Gasteiger partial charge is 0.320 e. The third-order valence-corrected chi connectivity index (χ3v) is 2.95. The van der Waals surface area contributed by atoms with Gasteiger partial charge in [-0.25, -0.2) is 0 Å². The van der Waals surface area contributed by atoms with Gasteiger partial charge in [-0.15, -0.1) is 0 Å². The van der Waals surface area contributed by atoms with Crippen LogP contribution < -0.4 is 10.6 Å². The second-order valence-corrected chi connectivity index (χ2v) is 5.24. The highest BCUT2D eigenvalue weighted by atomic mass is 79.9. The van der Waals surface area contributed by atoms with Crippen molar-refractivity contribution in [1.29, 1.82) is 0 Å². The van der Waals surface area contributed by atoms with E-state index in [1.165, 1.54) is 5.56 Å². The number of hydrogen-bond acceptors (Lipinski definition) is 2. The maximum absolute atomic E-state index is 3.48. The second-order valence-electron chi connectivity index (χ2n) is 3.41. The van der Waals surface area contributed by atoms with Gasteiger partial charge in [0.1, 0.15) is 0 Å². The lowest BCUT2D eigenvalue weighted by atomic mass is 10.2. The third kappa shape index (κ3) is 5.66. The Hall–Kier alpha value is 0.1000. The molecule has 0 amide bonds. The Labute approximate surface area is 108 Å². The molecule has 0 heterocycles. The van der Waals surface area contributed by atoms with Crippen molar-refractivity contribution in [3.63, 3.8) is 0 Å². The molecule has 0 saturated heterocycles. The van der Waals surface area contributed by atoms with E-state index in [0.29, 0.717) is 0 Å². The summed E-state index contributed by atoms with van der Waals surface area (Å²) in [7, 11) is 1.98. The van der Waals surface area contributed by atoms with E-state index in [1.807, 2.05) is 13.1 Å². The van der Waals surface area contributed by atoms with E-state index < -0.39 is 0 Å². The number of benzene rings is 1. The molecule has 1 rings (SSSR count). The molecule has 0 aliphatic rings. The average molecular weight is 336 g/mol. The van der Waals surface area contributed by atoms with Crippen molar-refractivity contribution in [2.24, 2.45) is 0 Å². The highest BCUT2D eigenvalue weighted by Gasteiger charge is 1.97. The average Bonchev–Trinajstić information content (AvgIpc) is 2.16. The van der Waals surface area contributed by atoms with Crippen LogP contribution >= 0.6 is 31.9 Å². The van der Waals surface area contributed by atoms with Crippen molar-refractivity contribution in [3.8, 4) is 0 Å². The quantitative estimate of drug-likeness (QED) is 0.781. The first-order chi connectivity index (χ1) is 7.22. The van der Waals surface area contributed by atoms with E-state index in [1.54, 1.807) is 0 Å². The molecule has 0 aliphatic heterocycles. The van der Waals surface area contributed by atoms with Crippen LogP contribution in [0.3, 0.4) is 0 Å². The maximum Gasteiger partial charge on any atom is 0.0206 e. The van der Waals surface area contributed by atoms with Crippen molar-refractivity contribution in [2.75, 3.05) is 20.1 Å². The summed E-state index contributed by atoms with van der Waals surface area (Å²) < 4.78 is 2.23. The minimum Gasteiger partial charge on any atom is -0.320 e. The summed E-state index contributed by atoms with van der Waals surface area (Å²) >= 11 is 6.96. The van der Waals surface area contributed by atoms with Crippen LogP contribution in [0.4, 0.5) is 0 Å². The number of hydrogen-bond donors (Lipinski definition) is 2. The Morgan fingerprint density at radius 3 is 2.33 bits per heavy atom. The van der Waals surface area contributed by atoms with Crippen LogP contribution in [0.1, 0.15) is 12.0 Å². The Kier molecular flexibility index (Phi) is 6.48. The lowest BCUT2D eigenvalue weighted by Crippen LogP contribution is -2.19. The minimum absolute atomic E-state index is 0.918. The van der Waals surface area contributed by atoms with Crippen LogP contribution in [0.25, 0.3) is 0 Å². The van der Waals surface area contributed by atoms with Gasteiger partial charge in [-0.2, -0.15) is 0 Å². The van der Waals surface area contributed by atoms with Crippen molar-refractivity contribution in [1.82, 2.24) is 10.6 Å². The molecule has 0 saturated carbocycles. The van der Waals surface area contributed by atoms with Crippen LogP contribution in [0, 0.1) is 0 Å². The van der Waals surface area contributed by atoms with E-state index >= 15 is 0 Å². The smallest absolute Gasteiger partial charge is 0.0206 e. The lowest BCUT2D eigenvalue weighted by Gasteiger charge is -2.06. The molecule has 2 N–H and O–H groups in total. The number of rotatable bonds is 6. The standard InChI is InChI=1S/C11H16Br2N2/c1-14-3-2-4-15-8-9-5-10(12)7-11(13)6-9/h5-7,14-15H,2-4,8H2,1H3. The molecule has 1 aromatic rings. The second kappa shape index (κ2) is 7.39. The summed E-state index contributed by atoms with van der Waals surface area (Å²) in [5, 5.41) is 6.54. The lowest BCUT2D eigenvalue weighted by molar-refractivity contribution is 0.625. The Morgan fingerprint density at radius 1 is 1.07 bits per heavy atom. The van der Waals surface area contributed by atoms with Gasteiger partial charge >= 0.3 is 0 Å². The molecular weight excluding hydrogens is 320 g/mol. The molecule has 1 aromatic carbocycles. The zero-order valence-corrected chi connectivity index (χ0v) is 12.0. The first-order valence-electron chi connectivity index (χ1n) is 5.02. The fourth-order valence-electron chi connectivity index (χ4n) is 1.34. The van der Waals surface area contributed by atoms with E-state index in [4.69, 9.17) is 0 Å². The van der Waals surface area contributed by atoms with E-state index in [2.05, 4.69) is 54.6 Å². The Morgan fingerprint density at radius 2 is 1.73 bits per heavy atom. The molecule has 4 heteroatoms. The van der Waals surface area contributed by atoms with Gasteiger partial charge in [0.2, 0.25) is 0 Å². The topological polar surface area (TPSA) is 24.1 Å². The van der Waals surface area contributed by atoms with E-state index in [-0.39, 0.29) is 0 Å². The minimum atomic E-state index is 0.918. The summed E-state index contributed by atoms with van der Waals surface area (Å²) in [5.41, 5.74) is 1.29. The first-order valence-corrected chi connectivity index (χ1v) is 6.61. The number of halogens is 2. The maximum atomic E-state index is 3.48. The molecule has 0 spiro atoms. The van der Waals surface area contributed by atoms with Crippen LogP contribution in [0.5, 0.6) is 0 Å². The monoisotopic (exact) mass is 334 g/mol. The van der Waals surface area contributed by atoms with Crippen molar-refractivity contribution >= 4 is 31.9 Å². The normalized spacial score (nSPS) is 10.6. The molecule has 0 aromatic heterocycles. The highest BCUT2D eigenvalue weighted by Crippen LogP contribution is 2.19. The molecule has 0 fully saturated rings. The fourth-order valence-corrected chi connectivity index (χ4v) is 2.72. The molecule has 15 heavy (non-hydrogen) atoms. The summed E-state index contributed by atoms with van der Waals surface area (Å²) in [5.74, 6) is 0. The summed E-state index contributed by atoms with van der Waals surface area (Å²) in [6.45, 7) is 3.03. The van der Waals surface area contributed by atoms with Gasteiger partial charge in [-0.1, -0.05) is 31.9 Å². The van der Waals surface area contributed by atoms with Gasteiger partial charge in [0.25, 0.3) is 0 Å². The zero-order valence-electron chi connectivity index (χ0n) is 8.82. The van der Waals surface area contributed by atoms with Crippen LogP contribution in [0.2, 0.25) is 0 Å². The molecule has 0 bridgehead atoms. The van der Waals surface area contributed by atoms with Gasteiger partial charge in [0.05, 0.1) is 0 Å². The predicted octanol–water partition coefficient (Wildman–Crippen LogP) is 2.91. The molecule has 2 nitrogen and oxygen atoms in total. The highest BCUT2D eigenvalue weighted by molar-refractivity contribution is 9.11. The van der Waals surface area contributed by atoms with Crippen LogP contribution in [-0.2, 0) is 6.54 Å². The molecule has 84 valence electrons. The van der Waals surface area contributed by atoms with Gasteiger partial charge in [-0.3, -0.25) is 0 Å². The summed E-state index contributed by atoms with van der Waals surface area (Å²) in [6, 6.07) is 6.32. The third-order valence-electron chi connectivity index (χ3n) is 2.03. The molecular formula is C11H16Br2N2. The fraction of sp³-hybridized carbons (Fsp3) is 0.455. The van der Waals surface area contributed by atoms with E-state index in [9.17, 15) is 0 Å². The van der Waals surface area contributed by atoms with Gasteiger partial charge in [0, 0.05) is 15.5 Å². The molecule has 0 unspecified atom stereocenters. The Balaban J connectivity index is 2.31. The van der Waals surface area contributed by atoms with Crippen molar-refractivity contribution in [2.45, 2.75) is 13.0 Å². The van der Waals surface area contributed by atoms with Crippen molar-refractivity contribution in [3.05, 3.63) is 32.7 Å². The Bertz CT molecular complexity index is 282. The predicted molar refractivity (Wildman–Crippen MR) is 72.1 cm³/mol. The zero-order chi connectivity index (χ0) is 11.1. The van der Waals surface area contributed by atoms with Crippen LogP contribution in [-0.4, -0.2) is 20.1 Å². The van der Waals surface area contributed by atoms with Crippen molar-refractivity contribution < 1.29 is 0 Å². The summed E-state index contributed by atoms with van der Waals surface area (Å²) in [6.07, 6.45) is 1.16. The van der Waals surface area contributed by atoms with Gasteiger partial charge < -0.3 is 10.6 Å². The van der Waals surface area contributed by atoms with Gasteiger partial charge in [0.15, 0.2) is 0 Å².